The lowest BCUT2D eigenvalue weighted by Gasteiger charge is -2.32. The van der Waals surface area contributed by atoms with Gasteiger partial charge in [0.1, 0.15) is 5.69 Å². The van der Waals surface area contributed by atoms with Crippen LogP contribution in [0.5, 0.6) is 0 Å². The molecule has 1 amide bonds. The normalized spacial score (nSPS) is 23.9. The number of carbonyl (C=O) groups excluding carboxylic acids is 1. The second-order valence-electron chi connectivity index (χ2n) is 4.28. The number of thiol groups is 1. The zero-order valence-electron chi connectivity index (χ0n) is 9.50. The highest BCUT2D eigenvalue weighted by atomic mass is 32.1. The van der Waals surface area contributed by atoms with Crippen LogP contribution in [0.1, 0.15) is 31.5 Å². The number of aromatic nitrogens is 3. The van der Waals surface area contributed by atoms with E-state index in [1.165, 1.54) is 0 Å². The summed E-state index contributed by atoms with van der Waals surface area (Å²) >= 11 is 4.45. The van der Waals surface area contributed by atoms with Crippen LogP contribution in [0.15, 0.2) is 6.20 Å². The molecule has 0 radical (unpaired) electrons. The SMILES string of the molecule is CC(=O)N(C)Cc1cn(C2CCC2S)nn1. The van der Waals surface area contributed by atoms with E-state index in [1.807, 2.05) is 10.9 Å². The van der Waals surface area contributed by atoms with Crippen LogP contribution in [0.25, 0.3) is 0 Å². The first kappa shape index (κ1) is 11.4. The van der Waals surface area contributed by atoms with E-state index in [-0.39, 0.29) is 5.91 Å². The van der Waals surface area contributed by atoms with Gasteiger partial charge in [-0.15, -0.1) is 5.10 Å². The number of hydrogen-bond donors (Lipinski definition) is 1. The smallest absolute Gasteiger partial charge is 0.219 e. The van der Waals surface area contributed by atoms with Crippen molar-refractivity contribution in [3.05, 3.63) is 11.9 Å². The predicted octanol–water partition coefficient (Wildman–Crippen LogP) is 0.890. The number of nitrogens with zero attached hydrogens (tertiary/aromatic N) is 4. The van der Waals surface area contributed by atoms with Crippen LogP contribution < -0.4 is 0 Å². The topological polar surface area (TPSA) is 51.0 Å². The van der Waals surface area contributed by atoms with Gasteiger partial charge in [0.15, 0.2) is 0 Å². The highest BCUT2D eigenvalue weighted by Gasteiger charge is 2.30. The van der Waals surface area contributed by atoms with Crippen molar-refractivity contribution in [2.75, 3.05) is 7.05 Å². The molecule has 1 heterocycles. The van der Waals surface area contributed by atoms with Gasteiger partial charge in [0, 0.05) is 19.2 Å². The van der Waals surface area contributed by atoms with Crippen LogP contribution in [0.2, 0.25) is 0 Å². The Hall–Kier alpha value is -1.04. The molecule has 1 fully saturated rings. The third kappa shape index (κ3) is 2.21. The molecular formula is C10H16N4OS. The Labute approximate surface area is 100 Å². The third-order valence-electron chi connectivity index (χ3n) is 3.04. The van der Waals surface area contributed by atoms with Crippen molar-refractivity contribution in [1.29, 1.82) is 0 Å². The molecule has 0 aliphatic heterocycles. The Morgan fingerprint density at radius 3 is 2.94 bits per heavy atom. The fourth-order valence-electron chi connectivity index (χ4n) is 1.68. The zero-order valence-corrected chi connectivity index (χ0v) is 10.4. The molecular weight excluding hydrogens is 224 g/mol. The highest BCUT2D eigenvalue weighted by Crippen LogP contribution is 2.35. The summed E-state index contributed by atoms with van der Waals surface area (Å²) in [6.45, 7) is 2.05. The molecule has 2 rings (SSSR count). The van der Waals surface area contributed by atoms with Gasteiger partial charge < -0.3 is 4.90 Å². The molecule has 5 nitrogen and oxygen atoms in total. The highest BCUT2D eigenvalue weighted by molar-refractivity contribution is 7.81. The molecule has 0 bridgehead atoms. The Balaban J connectivity index is 1.99. The molecule has 2 unspecified atom stereocenters. The first-order valence-corrected chi connectivity index (χ1v) is 5.90. The van der Waals surface area contributed by atoms with Gasteiger partial charge in [0.25, 0.3) is 0 Å². The van der Waals surface area contributed by atoms with Gasteiger partial charge in [0.05, 0.1) is 18.8 Å². The number of amides is 1. The first-order valence-electron chi connectivity index (χ1n) is 5.38. The predicted molar refractivity (Wildman–Crippen MR) is 63.2 cm³/mol. The van der Waals surface area contributed by atoms with E-state index < -0.39 is 0 Å². The molecule has 0 N–H and O–H groups in total. The minimum Gasteiger partial charge on any atom is -0.340 e. The van der Waals surface area contributed by atoms with E-state index >= 15 is 0 Å². The Bertz CT molecular complexity index is 392. The summed E-state index contributed by atoms with van der Waals surface area (Å²) in [4.78, 5) is 12.7. The van der Waals surface area contributed by atoms with Gasteiger partial charge in [-0.05, 0) is 12.8 Å². The van der Waals surface area contributed by atoms with Gasteiger partial charge in [-0.25, -0.2) is 4.68 Å². The maximum atomic E-state index is 11.1. The molecule has 1 aliphatic rings. The minimum absolute atomic E-state index is 0.0327. The average molecular weight is 240 g/mol. The van der Waals surface area contributed by atoms with E-state index in [4.69, 9.17) is 0 Å². The van der Waals surface area contributed by atoms with Crippen LogP contribution in [0.4, 0.5) is 0 Å². The lowest BCUT2D eigenvalue weighted by atomic mass is 9.92. The summed E-state index contributed by atoms with van der Waals surface area (Å²) in [6.07, 6.45) is 4.16. The standard InChI is InChI=1S/C10H16N4OS/c1-7(15)13(2)5-8-6-14(12-11-8)9-3-4-10(9)16/h6,9-10,16H,3-5H2,1-2H3. The third-order valence-corrected chi connectivity index (χ3v) is 3.64. The Morgan fingerprint density at radius 1 is 1.69 bits per heavy atom. The van der Waals surface area contributed by atoms with Crippen LogP contribution in [-0.4, -0.2) is 38.1 Å². The van der Waals surface area contributed by atoms with E-state index in [0.29, 0.717) is 17.8 Å². The van der Waals surface area contributed by atoms with Crippen molar-refractivity contribution >= 4 is 18.5 Å². The van der Waals surface area contributed by atoms with Crippen LogP contribution in [0.3, 0.4) is 0 Å². The maximum Gasteiger partial charge on any atom is 0.219 e. The number of hydrogen-bond acceptors (Lipinski definition) is 4. The van der Waals surface area contributed by atoms with Crippen molar-refractivity contribution in [2.45, 2.75) is 37.6 Å². The van der Waals surface area contributed by atoms with Gasteiger partial charge in [-0.3, -0.25) is 4.79 Å². The Kier molecular flexibility index (Phi) is 3.18. The number of carbonyl (C=O) groups is 1. The molecule has 0 saturated heterocycles. The lowest BCUT2D eigenvalue weighted by molar-refractivity contribution is -0.128. The van der Waals surface area contributed by atoms with Crippen molar-refractivity contribution in [1.82, 2.24) is 19.9 Å². The molecule has 2 atom stereocenters. The molecule has 1 aromatic rings. The minimum atomic E-state index is 0.0327. The van der Waals surface area contributed by atoms with E-state index in [2.05, 4.69) is 22.9 Å². The summed E-state index contributed by atoms with van der Waals surface area (Å²) in [7, 11) is 1.76. The quantitative estimate of drug-likeness (QED) is 0.798. The zero-order chi connectivity index (χ0) is 11.7. The molecule has 6 heteroatoms. The summed E-state index contributed by atoms with van der Waals surface area (Å²) < 4.78 is 1.87. The molecule has 1 aliphatic carbocycles. The van der Waals surface area contributed by atoms with E-state index in [9.17, 15) is 4.79 Å². The maximum absolute atomic E-state index is 11.1. The Morgan fingerprint density at radius 2 is 2.44 bits per heavy atom. The molecule has 0 spiro atoms. The summed E-state index contributed by atoms with van der Waals surface area (Å²) in [5, 5.41) is 8.53. The van der Waals surface area contributed by atoms with Gasteiger partial charge in [-0.2, -0.15) is 12.6 Å². The molecule has 16 heavy (non-hydrogen) atoms. The first-order chi connectivity index (χ1) is 7.58. The molecule has 88 valence electrons. The molecule has 1 aromatic heterocycles. The van der Waals surface area contributed by atoms with Crippen molar-refractivity contribution < 1.29 is 4.79 Å². The van der Waals surface area contributed by atoms with Crippen LogP contribution in [-0.2, 0) is 11.3 Å². The van der Waals surface area contributed by atoms with Crippen molar-refractivity contribution in [3.8, 4) is 0 Å². The van der Waals surface area contributed by atoms with Crippen LogP contribution >= 0.6 is 12.6 Å². The number of rotatable bonds is 3. The van der Waals surface area contributed by atoms with Crippen molar-refractivity contribution in [2.24, 2.45) is 0 Å². The summed E-state index contributed by atoms with van der Waals surface area (Å²) in [5.74, 6) is 0.0327. The molecule has 1 saturated carbocycles. The second-order valence-corrected chi connectivity index (χ2v) is 4.94. The van der Waals surface area contributed by atoms with Crippen LogP contribution in [0, 0.1) is 0 Å². The lowest BCUT2D eigenvalue weighted by Crippen LogP contribution is -2.30. The van der Waals surface area contributed by atoms with Gasteiger partial charge in [0.2, 0.25) is 5.91 Å². The fraction of sp³-hybridized carbons (Fsp3) is 0.700. The summed E-state index contributed by atoms with van der Waals surface area (Å²) in [5.41, 5.74) is 0.824. The van der Waals surface area contributed by atoms with Gasteiger partial charge in [-0.1, -0.05) is 5.21 Å². The van der Waals surface area contributed by atoms with Crippen molar-refractivity contribution in [3.63, 3.8) is 0 Å². The monoisotopic (exact) mass is 240 g/mol. The summed E-state index contributed by atoms with van der Waals surface area (Å²) in [6, 6.07) is 0.368. The fourth-order valence-corrected chi connectivity index (χ4v) is 2.11. The van der Waals surface area contributed by atoms with E-state index in [1.54, 1.807) is 18.9 Å². The molecule has 0 aromatic carbocycles. The largest absolute Gasteiger partial charge is 0.340 e. The van der Waals surface area contributed by atoms with E-state index in [0.717, 1.165) is 18.5 Å². The average Bonchev–Trinajstić information content (AvgIpc) is 2.63. The van der Waals surface area contributed by atoms with Gasteiger partial charge >= 0.3 is 0 Å². The second kappa shape index (κ2) is 4.45.